The average molecular weight is 265 g/mol. The summed E-state index contributed by atoms with van der Waals surface area (Å²) in [6.07, 6.45) is 2.10. The summed E-state index contributed by atoms with van der Waals surface area (Å²) in [6, 6.07) is 16.5. The molecule has 3 rings (SSSR count). The van der Waals surface area contributed by atoms with E-state index in [1.165, 1.54) is 22.0 Å². The molecule has 0 saturated heterocycles. The number of aromatic amines is 1. The Hall–Kier alpha value is -2.26. The van der Waals surface area contributed by atoms with Crippen molar-refractivity contribution in [3.8, 4) is 0 Å². The zero-order valence-electron chi connectivity index (χ0n) is 11.6. The first-order valence-corrected chi connectivity index (χ1v) is 6.80. The van der Waals surface area contributed by atoms with Crippen molar-refractivity contribution in [3.05, 3.63) is 65.9 Å². The molecule has 0 radical (unpaired) electrons. The van der Waals surface area contributed by atoms with Crippen molar-refractivity contribution in [2.75, 3.05) is 12.8 Å². The molecule has 3 aromatic rings. The van der Waals surface area contributed by atoms with Crippen LogP contribution in [0.3, 0.4) is 0 Å². The van der Waals surface area contributed by atoms with Crippen molar-refractivity contribution in [1.29, 1.82) is 0 Å². The van der Waals surface area contributed by atoms with Gasteiger partial charge in [-0.1, -0.05) is 30.3 Å². The Balaban J connectivity index is 1.72. The van der Waals surface area contributed by atoms with E-state index in [4.69, 9.17) is 5.73 Å². The molecule has 3 nitrogen and oxygen atoms in total. The van der Waals surface area contributed by atoms with E-state index in [-0.39, 0.29) is 0 Å². The number of H-pyrrole nitrogens is 1. The van der Waals surface area contributed by atoms with E-state index < -0.39 is 0 Å². The first-order valence-electron chi connectivity index (χ1n) is 6.80. The van der Waals surface area contributed by atoms with Crippen LogP contribution in [0.15, 0.2) is 54.7 Å². The van der Waals surface area contributed by atoms with E-state index in [1.54, 1.807) is 0 Å². The molecule has 2 aromatic carbocycles. The second-order valence-electron chi connectivity index (χ2n) is 5.27. The fourth-order valence-corrected chi connectivity index (χ4v) is 2.54. The lowest BCUT2D eigenvalue weighted by molar-refractivity contribution is 0.320. The minimum absolute atomic E-state index is 0.813. The standard InChI is InChI=1S/C17H19N3/c1-20(11-13-6-8-15(18)9-7-13)12-14-10-19-17-5-3-2-4-16(14)17/h2-10,19H,11-12,18H2,1H3. The summed E-state index contributed by atoms with van der Waals surface area (Å²) < 4.78 is 0. The highest BCUT2D eigenvalue weighted by Crippen LogP contribution is 2.19. The van der Waals surface area contributed by atoms with Crippen molar-refractivity contribution in [2.24, 2.45) is 0 Å². The molecule has 0 aliphatic heterocycles. The predicted octanol–water partition coefficient (Wildman–Crippen LogP) is 3.38. The number of fused-ring (bicyclic) bond motifs is 1. The van der Waals surface area contributed by atoms with E-state index in [2.05, 4.69) is 59.5 Å². The molecular formula is C17H19N3. The molecule has 102 valence electrons. The minimum atomic E-state index is 0.813. The molecule has 0 aliphatic carbocycles. The fourth-order valence-electron chi connectivity index (χ4n) is 2.54. The summed E-state index contributed by atoms with van der Waals surface area (Å²) in [6.45, 7) is 1.84. The zero-order valence-corrected chi connectivity index (χ0v) is 11.6. The topological polar surface area (TPSA) is 45.0 Å². The van der Waals surface area contributed by atoms with Gasteiger partial charge >= 0.3 is 0 Å². The summed E-state index contributed by atoms with van der Waals surface area (Å²) in [7, 11) is 2.14. The van der Waals surface area contributed by atoms with Gasteiger partial charge in [-0.3, -0.25) is 4.90 Å². The number of hydrogen-bond acceptors (Lipinski definition) is 2. The molecule has 0 spiro atoms. The third kappa shape index (κ3) is 2.68. The predicted molar refractivity (Wildman–Crippen MR) is 84.3 cm³/mol. The van der Waals surface area contributed by atoms with Crippen molar-refractivity contribution in [3.63, 3.8) is 0 Å². The Morgan fingerprint density at radius 3 is 2.55 bits per heavy atom. The monoisotopic (exact) mass is 265 g/mol. The van der Waals surface area contributed by atoms with Gasteiger partial charge in [0, 0.05) is 35.9 Å². The van der Waals surface area contributed by atoms with E-state index >= 15 is 0 Å². The first-order chi connectivity index (χ1) is 9.72. The molecule has 1 heterocycles. The number of nitrogen functional groups attached to an aromatic ring is 1. The van der Waals surface area contributed by atoms with Crippen molar-refractivity contribution < 1.29 is 0 Å². The van der Waals surface area contributed by atoms with Crippen molar-refractivity contribution in [2.45, 2.75) is 13.1 Å². The molecule has 0 unspecified atom stereocenters. The number of nitrogens with one attached hydrogen (secondary N) is 1. The number of aromatic nitrogens is 1. The van der Waals surface area contributed by atoms with Crippen LogP contribution in [0.4, 0.5) is 5.69 Å². The number of hydrogen-bond donors (Lipinski definition) is 2. The molecule has 0 bridgehead atoms. The van der Waals surface area contributed by atoms with Crippen LogP contribution in [-0.4, -0.2) is 16.9 Å². The van der Waals surface area contributed by atoms with Crippen molar-refractivity contribution >= 4 is 16.6 Å². The zero-order chi connectivity index (χ0) is 13.9. The number of rotatable bonds is 4. The van der Waals surface area contributed by atoms with E-state index in [0.717, 1.165) is 18.8 Å². The summed E-state index contributed by atoms with van der Waals surface area (Å²) in [5.41, 5.74) is 10.3. The van der Waals surface area contributed by atoms with Gasteiger partial charge in [0.25, 0.3) is 0 Å². The lowest BCUT2D eigenvalue weighted by Crippen LogP contribution is -2.17. The fraction of sp³-hybridized carbons (Fsp3) is 0.176. The number of benzene rings is 2. The largest absolute Gasteiger partial charge is 0.399 e. The quantitative estimate of drug-likeness (QED) is 0.710. The first kappa shape index (κ1) is 12.8. The van der Waals surface area contributed by atoms with E-state index in [1.807, 2.05) is 12.1 Å². The van der Waals surface area contributed by atoms with Gasteiger partial charge in [0.1, 0.15) is 0 Å². The summed E-state index contributed by atoms with van der Waals surface area (Å²) in [4.78, 5) is 5.63. The smallest absolute Gasteiger partial charge is 0.0457 e. The van der Waals surface area contributed by atoms with Crippen LogP contribution in [0.25, 0.3) is 10.9 Å². The summed E-state index contributed by atoms with van der Waals surface area (Å²) in [5, 5.41) is 1.30. The van der Waals surface area contributed by atoms with Gasteiger partial charge in [-0.2, -0.15) is 0 Å². The lowest BCUT2D eigenvalue weighted by Gasteiger charge is -2.16. The maximum absolute atomic E-state index is 5.71. The molecule has 0 saturated carbocycles. The average Bonchev–Trinajstić information content (AvgIpc) is 2.85. The van der Waals surface area contributed by atoms with Crippen LogP contribution >= 0.6 is 0 Å². The maximum atomic E-state index is 5.71. The van der Waals surface area contributed by atoms with Gasteiger partial charge < -0.3 is 10.7 Å². The molecule has 3 N–H and O–H groups in total. The highest BCUT2D eigenvalue weighted by atomic mass is 15.1. The van der Waals surface area contributed by atoms with Gasteiger partial charge in [-0.25, -0.2) is 0 Å². The SMILES string of the molecule is CN(Cc1ccc(N)cc1)Cc1c[nH]c2ccccc12. The van der Waals surface area contributed by atoms with Crippen LogP contribution in [0, 0.1) is 0 Å². The van der Waals surface area contributed by atoms with Crippen LogP contribution in [-0.2, 0) is 13.1 Å². The number of nitrogens with two attached hydrogens (primary N) is 1. The van der Waals surface area contributed by atoms with Gasteiger partial charge in [-0.15, -0.1) is 0 Å². The third-order valence-corrected chi connectivity index (χ3v) is 3.55. The van der Waals surface area contributed by atoms with Gasteiger partial charge in [0.2, 0.25) is 0 Å². The minimum Gasteiger partial charge on any atom is -0.399 e. The number of anilines is 1. The molecule has 3 heteroatoms. The molecule has 1 aromatic heterocycles. The number of para-hydroxylation sites is 1. The molecule has 0 atom stereocenters. The second-order valence-corrected chi connectivity index (χ2v) is 5.27. The Morgan fingerprint density at radius 2 is 1.75 bits per heavy atom. The lowest BCUT2D eigenvalue weighted by atomic mass is 10.1. The summed E-state index contributed by atoms with van der Waals surface area (Å²) >= 11 is 0. The van der Waals surface area contributed by atoms with Crippen LogP contribution in [0.2, 0.25) is 0 Å². The van der Waals surface area contributed by atoms with Gasteiger partial charge in [0.05, 0.1) is 0 Å². The van der Waals surface area contributed by atoms with Crippen LogP contribution in [0.5, 0.6) is 0 Å². The van der Waals surface area contributed by atoms with E-state index in [9.17, 15) is 0 Å². The Labute approximate surface area is 119 Å². The molecule has 0 amide bonds. The molecule has 20 heavy (non-hydrogen) atoms. The maximum Gasteiger partial charge on any atom is 0.0457 e. The Morgan fingerprint density at radius 1 is 1.00 bits per heavy atom. The normalized spacial score (nSPS) is 11.3. The van der Waals surface area contributed by atoms with Crippen LogP contribution in [0.1, 0.15) is 11.1 Å². The van der Waals surface area contributed by atoms with Crippen molar-refractivity contribution in [1.82, 2.24) is 9.88 Å². The van der Waals surface area contributed by atoms with Gasteiger partial charge in [0.15, 0.2) is 0 Å². The second kappa shape index (κ2) is 5.39. The Bertz CT molecular complexity index is 698. The highest BCUT2D eigenvalue weighted by Gasteiger charge is 2.06. The Kier molecular flexibility index (Phi) is 3.44. The molecule has 0 aliphatic rings. The van der Waals surface area contributed by atoms with Gasteiger partial charge in [-0.05, 0) is 36.4 Å². The third-order valence-electron chi connectivity index (χ3n) is 3.55. The number of nitrogens with zero attached hydrogens (tertiary/aromatic N) is 1. The molecular weight excluding hydrogens is 246 g/mol. The summed E-state index contributed by atoms with van der Waals surface area (Å²) in [5.74, 6) is 0. The molecule has 0 fully saturated rings. The van der Waals surface area contributed by atoms with Crippen LogP contribution < -0.4 is 5.73 Å². The van der Waals surface area contributed by atoms with E-state index in [0.29, 0.717) is 0 Å². The highest BCUT2D eigenvalue weighted by molar-refractivity contribution is 5.82.